The molecule has 1 atom stereocenters. The number of nitrogens with one attached hydrogen (secondary N) is 1. The van der Waals surface area contributed by atoms with E-state index >= 15 is 0 Å². The SMILES string of the molecule is CC(C)C1CNC(C)(C)CN1C(=O)COc1ccccc1. The van der Waals surface area contributed by atoms with Crippen molar-refractivity contribution in [3.8, 4) is 5.75 Å². The summed E-state index contributed by atoms with van der Waals surface area (Å²) in [6.45, 7) is 10.2. The molecule has 1 saturated heterocycles. The minimum Gasteiger partial charge on any atom is -0.484 e. The Hall–Kier alpha value is -1.55. The summed E-state index contributed by atoms with van der Waals surface area (Å²) < 4.78 is 5.61. The van der Waals surface area contributed by atoms with E-state index in [0.717, 1.165) is 12.3 Å². The molecule has 1 fully saturated rings. The monoisotopic (exact) mass is 290 g/mol. The third-order valence-electron chi connectivity index (χ3n) is 3.95. The Balaban J connectivity index is 2.00. The standard InChI is InChI=1S/C17H26N2O2/c1-13(2)15-10-18-17(3,4)12-19(15)16(20)11-21-14-8-6-5-7-9-14/h5-9,13,15,18H,10-12H2,1-4H3. The second-order valence-electron chi connectivity index (χ2n) is 6.70. The number of hydrogen-bond donors (Lipinski definition) is 1. The molecule has 2 rings (SSSR count). The largest absolute Gasteiger partial charge is 0.484 e. The molecule has 0 bridgehead atoms. The zero-order valence-electron chi connectivity index (χ0n) is 13.4. The molecule has 1 N–H and O–H groups in total. The molecular weight excluding hydrogens is 264 g/mol. The average Bonchev–Trinajstić information content (AvgIpc) is 2.44. The molecule has 4 nitrogen and oxygen atoms in total. The van der Waals surface area contributed by atoms with E-state index in [1.807, 2.05) is 35.2 Å². The van der Waals surface area contributed by atoms with E-state index in [0.29, 0.717) is 12.5 Å². The highest BCUT2D eigenvalue weighted by atomic mass is 16.5. The van der Waals surface area contributed by atoms with Crippen molar-refractivity contribution in [3.63, 3.8) is 0 Å². The topological polar surface area (TPSA) is 41.6 Å². The van der Waals surface area contributed by atoms with Gasteiger partial charge in [0.1, 0.15) is 5.75 Å². The van der Waals surface area contributed by atoms with Crippen molar-refractivity contribution >= 4 is 5.91 Å². The lowest BCUT2D eigenvalue weighted by Crippen LogP contribution is -2.64. The number of nitrogens with zero attached hydrogens (tertiary/aromatic N) is 1. The number of carbonyl (C=O) groups excluding carboxylic acids is 1. The van der Waals surface area contributed by atoms with E-state index in [1.54, 1.807) is 0 Å². The fourth-order valence-corrected chi connectivity index (χ4v) is 2.70. The zero-order valence-corrected chi connectivity index (χ0v) is 13.4. The average molecular weight is 290 g/mol. The van der Waals surface area contributed by atoms with Crippen LogP contribution in [0.2, 0.25) is 0 Å². The van der Waals surface area contributed by atoms with Crippen LogP contribution in [0.15, 0.2) is 30.3 Å². The number of para-hydroxylation sites is 1. The molecule has 1 aliphatic rings. The van der Waals surface area contributed by atoms with E-state index in [4.69, 9.17) is 4.74 Å². The molecule has 4 heteroatoms. The van der Waals surface area contributed by atoms with Gasteiger partial charge < -0.3 is 15.0 Å². The van der Waals surface area contributed by atoms with Crippen LogP contribution in [0, 0.1) is 5.92 Å². The van der Waals surface area contributed by atoms with Gasteiger partial charge in [-0.15, -0.1) is 0 Å². The number of piperazine rings is 1. The number of benzene rings is 1. The molecule has 116 valence electrons. The van der Waals surface area contributed by atoms with E-state index < -0.39 is 0 Å². The quantitative estimate of drug-likeness (QED) is 0.925. The van der Waals surface area contributed by atoms with Gasteiger partial charge in [0.05, 0.1) is 0 Å². The second kappa shape index (κ2) is 6.48. The first kappa shape index (κ1) is 15.8. The highest BCUT2D eigenvalue weighted by molar-refractivity contribution is 5.78. The number of amides is 1. The minimum atomic E-state index is -0.0478. The summed E-state index contributed by atoms with van der Waals surface area (Å²) in [4.78, 5) is 14.5. The maximum atomic E-state index is 12.5. The molecular formula is C17H26N2O2. The zero-order chi connectivity index (χ0) is 15.5. The Kier molecular flexibility index (Phi) is 4.88. The van der Waals surface area contributed by atoms with Crippen LogP contribution in [0.4, 0.5) is 0 Å². The maximum absolute atomic E-state index is 12.5. The number of ether oxygens (including phenoxy) is 1. The van der Waals surface area contributed by atoms with Gasteiger partial charge in [0.2, 0.25) is 0 Å². The van der Waals surface area contributed by atoms with E-state index in [2.05, 4.69) is 33.0 Å². The van der Waals surface area contributed by atoms with E-state index in [1.165, 1.54) is 0 Å². The molecule has 1 aromatic carbocycles. The van der Waals surface area contributed by atoms with Gasteiger partial charge in [0.25, 0.3) is 5.91 Å². The van der Waals surface area contributed by atoms with Gasteiger partial charge in [-0.05, 0) is 31.9 Å². The third-order valence-corrected chi connectivity index (χ3v) is 3.95. The molecule has 1 amide bonds. The Bertz CT molecular complexity index is 471. The Labute approximate surface area is 127 Å². The van der Waals surface area contributed by atoms with Crippen molar-refractivity contribution < 1.29 is 9.53 Å². The van der Waals surface area contributed by atoms with Gasteiger partial charge in [-0.1, -0.05) is 32.0 Å². The molecule has 1 unspecified atom stereocenters. The molecule has 0 aromatic heterocycles. The Morgan fingerprint density at radius 2 is 2.05 bits per heavy atom. The van der Waals surface area contributed by atoms with Crippen LogP contribution >= 0.6 is 0 Å². The Morgan fingerprint density at radius 3 is 2.67 bits per heavy atom. The molecule has 0 spiro atoms. The predicted octanol–water partition coefficient (Wildman–Crippen LogP) is 2.30. The predicted molar refractivity (Wildman–Crippen MR) is 84.4 cm³/mol. The lowest BCUT2D eigenvalue weighted by Gasteiger charge is -2.46. The highest BCUT2D eigenvalue weighted by Crippen LogP contribution is 2.20. The van der Waals surface area contributed by atoms with E-state index in [-0.39, 0.29) is 24.1 Å². The summed E-state index contributed by atoms with van der Waals surface area (Å²) in [5.41, 5.74) is -0.0478. The smallest absolute Gasteiger partial charge is 0.260 e. The lowest BCUT2D eigenvalue weighted by molar-refractivity contribution is -0.139. The van der Waals surface area contributed by atoms with Crippen molar-refractivity contribution in [3.05, 3.63) is 30.3 Å². The summed E-state index contributed by atoms with van der Waals surface area (Å²) >= 11 is 0. The van der Waals surface area contributed by atoms with Crippen LogP contribution in [-0.4, -0.2) is 42.1 Å². The van der Waals surface area contributed by atoms with Crippen LogP contribution in [0.25, 0.3) is 0 Å². The molecule has 1 aliphatic heterocycles. The first-order valence-corrected chi connectivity index (χ1v) is 7.61. The lowest BCUT2D eigenvalue weighted by atomic mass is 9.93. The van der Waals surface area contributed by atoms with E-state index in [9.17, 15) is 4.79 Å². The van der Waals surface area contributed by atoms with Gasteiger partial charge in [-0.2, -0.15) is 0 Å². The Morgan fingerprint density at radius 1 is 1.38 bits per heavy atom. The maximum Gasteiger partial charge on any atom is 0.260 e. The summed E-state index contributed by atoms with van der Waals surface area (Å²) in [5.74, 6) is 1.22. The summed E-state index contributed by atoms with van der Waals surface area (Å²) in [6.07, 6.45) is 0. The van der Waals surface area contributed by atoms with Crippen LogP contribution in [0.5, 0.6) is 5.75 Å². The van der Waals surface area contributed by atoms with Gasteiger partial charge in [-0.25, -0.2) is 0 Å². The molecule has 1 heterocycles. The summed E-state index contributed by atoms with van der Waals surface area (Å²) in [5, 5.41) is 3.51. The number of carbonyl (C=O) groups is 1. The molecule has 0 radical (unpaired) electrons. The first-order chi connectivity index (χ1) is 9.89. The minimum absolute atomic E-state index is 0.0478. The van der Waals surface area contributed by atoms with Crippen molar-refractivity contribution in [2.24, 2.45) is 5.92 Å². The molecule has 1 aromatic rings. The van der Waals surface area contributed by atoms with Gasteiger partial charge in [0.15, 0.2) is 6.61 Å². The van der Waals surface area contributed by atoms with Crippen LogP contribution < -0.4 is 10.1 Å². The fraction of sp³-hybridized carbons (Fsp3) is 0.588. The van der Waals surface area contributed by atoms with Crippen molar-refractivity contribution in [1.82, 2.24) is 10.2 Å². The van der Waals surface area contributed by atoms with Crippen molar-refractivity contribution in [2.75, 3.05) is 19.7 Å². The van der Waals surface area contributed by atoms with Crippen molar-refractivity contribution in [1.29, 1.82) is 0 Å². The molecule has 21 heavy (non-hydrogen) atoms. The van der Waals surface area contributed by atoms with Crippen LogP contribution in [-0.2, 0) is 4.79 Å². The molecule has 0 aliphatic carbocycles. The van der Waals surface area contributed by atoms with Crippen LogP contribution in [0.3, 0.4) is 0 Å². The second-order valence-corrected chi connectivity index (χ2v) is 6.70. The van der Waals surface area contributed by atoms with Gasteiger partial charge >= 0.3 is 0 Å². The van der Waals surface area contributed by atoms with Gasteiger partial charge in [0, 0.05) is 24.7 Å². The normalized spacial score (nSPS) is 21.4. The summed E-state index contributed by atoms with van der Waals surface area (Å²) in [7, 11) is 0. The number of rotatable bonds is 4. The summed E-state index contributed by atoms with van der Waals surface area (Å²) in [6, 6.07) is 9.71. The van der Waals surface area contributed by atoms with Crippen LogP contribution in [0.1, 0.15) is 27.7 Å². The molecule has 0 saturated carbocycles. The number of hydrogen-bond acceptors (Lipinski definition) is 3. The van der Waals surface area contributed by atoms with Gasteiger partial charge in [-0.3, -0.25) is 4.79 Å². The third kappa shape index (κ3) is 4.21. The fourth-order valence-electron chi connectivity index (χ4n) is 2.70. The first-order valence-electron chi connectivity index (χ1n) is 7.61. The van der Waals surface area contributed by atoms with Crippen molar-refractivity contribution in [2.45, 2.75) is 39.3 Å². The highest BCUT2D eigenvalue weighted by Gasteiger charge is 2.36.